The molecule has 1 saturated carbocycles. The molecular weight excluding hydrogens is 434 g/mol. The third kappa shape index (κ3) is 4.02. The van der Waals surface area contributed by atoms with E-state index in [0.717, 1.165) is 46.5 Å². The molecule has 0 atom stereocenters. The molecule has 160 valence electrons. The Morgan fingerprint density at radius 1 is 1.03 bits per heavy atom. The summed E-state index contributed by atoms with van der Waals surface area (Å²) in [6, 6.07) is 10.1. The predicted molar refractivity (Wildman–Crippen MR) is 119 cm³/mol. The van der Waals surface area contributed by atoms with E-state index in [1.807, 2.05) is 44.2 Å². The predicted octanol–water partition coefficient (Wildman–Crippen LogP) is 6.27. The van der Waals surface area contributed by atoms with Crippen molar-refractivity contribution in [1.82, 2.24) is 25.0 Å². The fourth-order valence-corrected chi connectivity index (χ4v) is 5.15. The molecule has 7 nitrogen and oxygen atoms in total. The molecule has 1 aliphatic carbocycles. The topological polar surface area (TPSA) is 82.8 Å². The van der Waals surface area contributed by atoms with Crippen molar-refractivity contribution in [2.45, 2.75) is 56.5 Å². The monoisotopic (exact) mass is 455 g/mol. The number of aryl methyl sites for hydroxylation is 2. The molecule has 9 heteroatoms. The fraction of sp³-hybridized carbons (Fsp3) is 0.364. The number of hydrogen-bond acceptors (Lipinski definition) is 7. The average Bonchev–Trinajstić information content (AvgIpc) is 3.54. The first-order valence-electron chi connectivity index (χ1n) is 10.3. The van der Waals surface area contributed by atoms with Crippen LogP contribution in [0.5, 0.6) is 0 Å². The van der Waals surface area contributed by atoms with Gasteiger partial charge in [0.05, 0.1) is 16.3 Å². The summed E-state index contributed by atoms with van der Waals surface area (Å²) in [5.74, 6) is 3.92. The van der Waals surface area contributed by atoms with Crippen molar-refractivity contribution in [3.05, 3.63) is 52.8 Å². The van der Waals surface area contributed by atoms with Gasteiger partial charge in [0.2, 0.25) is 5.89 Å². The van der Waals surface area contributed by atoms with Crippen molar-refractivity contribution in [2.24, 2.45) is 0 Å². The molecule has 0 spiro atoms. The minimum absolute atomic E-state index is 0.374. The van der Waals surface area contributed by atoms with Gasteiger partial charge in [-0.3, -0.25) is 4.57 Å². The SMILES string of the molecule is Cc1cc(-c2nnc(CSc3nnc(-c4ccccc4Cl)n3C3CCCC3)o2)c(C)o1. The van der Waals surface area contributed by atoms with Crippen molar-refractivity contribution in [2.75, 3.05) is 0 Å². The highest BCUT2D eigenvalue weighted by Crippen LogP contribution is 2.38. The number of halogens is 1. The zero-order valence-electron chi connectivity index (χ0n) is 17.3. The summed E-state index contributed by atoms with van der Waals surface area (Å²) in [5.41, 5.74) is 1.73. The molecule has 31 heavy (non-hydrogen) atoms. The van der Waals surface area contributed by atoms with E-state index >= 15 is 0 Å². The van der Waals surface area contributed by atoms with Gasteiger partial charge in [-0.05, 0) is 44.9 Å². The third-order valence-corrected chi connectivity index (χ3v) is 6.79. The molecule has 3 aromatic heterocycles. The van der Waals surface area contributed by atoms with Crippen LogP contribution in [-0.2, 0) is 5.75 Å². The van der Waals surface area contributed by atoms with Gasteiger partial charge in [-0.2, -0.15) is 0 Å². The molecule has 0 amide bonds. The van der Waals surface area contributed by atoms with Gasteiger partial charge in [-0.25, -0.2) is 0 Å². The Hall–Kier alpha value is -2.58. The highest BCUT2D eigenvalue weighted by Gasteiger charge is 2.26. The molecule has 1 aromatic carbocycles. The number of furan rings is 1. The van der Waals surface area contributed by atoms with Crippen LogP contribution >= 0.6 is 23.4 Å². The zero-order chi connectivity index (χ0) is 21.4. The first kappa shape index (κ1) is 20.3. The standard InChI is InChI=1S/C22H22ClN5O2S/c1-13-11-17(14(2)29-13)21-26-24-19(30-21)12-31-22-27-25-20(16-9-5-6-10-18(16)23)28(22)15-7-3-4-8-15/h5-6,9-11,15H,3-4,7-8,12H2,1-2H3. The lowest BCUT2D eigenvalue weighted by molar-refractivity contribution is 0.484. The second-order valence-corrected chi connectivity index (χ2v) is 9.06. The third-order valence-electron chi connectivity index (χ3n) is 5.53. The minimum atomic E-state index is 0.374. The van der Waals surface area contributed by atoms with E-state index in [0.29, 0.717) is 28.6 Å². The Bertz CT molecular complexity index is 1210. The molecule has 0 radical (unpaired) electrons. The van der Waals surface area contributed by atoms with Crippen LogP contribution < -0.4 is 0 Å². The maximum Gasteiger partial charge on any atom is 0.251 e. The summed E-state index contributed by atoms with van der Waals surface area (Å²) < 4.78 is 13.7. The summed E-state index contributed by atoms with van der Waals surface area (Å²) in [4.78, 5) is 0. The largest absolute Gasteiger partial charge is 0.466 e. The maximum atomic E-state index is 6.47. The van der Waals surface area contributed by atoms with E-state index in [1.165, 1.54) is 12.8 Å². The summed E-state index contributed by atoms with van der Waals surface area (Å²) in [7, 11) is 0. The van der Waals surface area contributed by atoms with Gasteiger partial charge in [-0.15, -0.1) is 20.4 Å². The van der Waals surface area contributed by atoms with Crippen LogP contribution in [0, 0.1) is 13.8 Å². The quantitative estimate of drug-likeness (QED) is 0.317. The molecule has 0 bridgehead atoms. The van der Waals surface area contributed by atoms with Gasteiger partial charge in [0, 0.05) is 11.6 Å². The van der Waals surface area contributed by atoms with Crippen LogP contribution in [0.15, 0.2) is 44.3 Å². The van der Waals surface area contributed by atoms with Crippen LogP contribution in [0.3, 0.4) is 0 Å². The Kier molecular flexibility index (Phi) is 5.58. The van der Waals surface area contributed by atoms with Crippen molar-refractivity contribution >= 4 is 23.4 Å². The maximum absolute atomic E-state index is 6.47. The van der Waals surface area contributed by atoms with Crippen LogP contribution in [0.4, 0.5) is 0 Å². The van der Waals surface area contributed by atoms with Gasteiger partial charge in [0.15, 0.2) is 11.0 Å². The second-order valence-electron chi connectivity index (χ2n) is 7.71. The number of aromatic nitrogens is 5. The second kappa shape index (κ2) is 8.51. The van der Waals surface area contributed by atoms with E-state index in [9.17, 15) is 0 Å². The van der Waals surface area contributed by atoms with Crippen LogP contribution in [0.1, 0.15) is 49.1 Å². The van der Waals surface area contributed by atoms with E-state index in [4.69, 9.17) is 20.4 Å². The van der Waals surface area contributed by atoms with Gasteiger partial charge < -0.3 is 8.83 Å². The molecule has 4 aromatic rings. The summed E-state index contributed by atoms with van der Waals surface area (Å²) in [6.45, 7) is 3.79. The van der Waals surface area contributed by atoms with Gasteiger partial charge >= 0.3 is 0 Å². The molecule has 0 N–H and O–H groups in total. The lowest BCUT2D eigenvalue weighted by atomic mass is 10.2. The van der Waals surface area contributed by atoms with Crippen molar-refractivity contribution in [1.29, 1.82) is 0 Å². The van der Waals surface area contributed by atoms with Crippen LogP contribution in [0.25, 0.3) is 22.8 Å². The van der Waals surface area contributed by atoms with E-state index in [-0.39, 0.29) is 0 Å². The van der Waals surface area contributed by atoms with Crippen molar-refractivity contribution in [3.63, 3.8) is 0 Å². The first-order chi connectivity index (χ1) is 15.1. The zero-order valence-corrected chi connectivity index (χ0v) is 18.9. The molecule has 3 heterocycles. The summed E-state index contributed by atoms with van der Waals surface area (Å²) in [5, 5.41) is 18.9. The highest BCUT2D eigenvalue weighted by atomic mass is 35.5. The van der Waals surface area contributed by atoms with E-state index in [1.54, 1.807) is 11.8 Å². The molecule has 5 rings (SSSR count). The number of rotatable bonds is 6. The number of nitrogens with zero attached hydrogens (tertiary/aromatic N) is 5. The van der Waals surface area contributed by atoms with E-state index in [2.05, 4.69) is 25.0 Å². The molecule has 0 aliphatic heterocycles. The molecule has 0 saturated heterocycles. The molecule has 0 unspecified atom stereocenters. The van der Waals surface area contributed by atoms with Crippen LogP contribution in [-0.4, -0.2) is 25.0 Å². The lowest BCUT2D eigenvalue weighted by Gasteiger charge is -2.17. The average molecular weight is 456 g/mol. The van der Waals surface area contributed by atoms with Crippen molar-refractivity contribution < 1.29 is 8.83 Å². The number of benzene rings is 1. The Balaban J connectivity index is 1.41. The van der Waals surface area contributed by atoms with E-state index < -0.39 is 0 Å². The van der Waals surface area contributed by atoms with Gasteiger partial charge in [0.1, 0.15) is 11.5 Å². The smallest absolute Gasteiger partial charge is 0.251 e. The normalized spacial score (nSPS) is 14.5. The number of hydrogen-bond donors (Lipinski definition) is 0. The molecule has 1 fully saturated rings. The highest BCUT2D eigenvalue weighted by molar-refractivity contribution is 7.98. The molecular formula is C22H22ClN5O2S. The summed E-state index contributed by atoms with van der Waals surface area (Å²) >= 11 is 8.02. The van der Waals surface area contributed by atoms with Crippen LogP contribution in [0.2, 0.25) is 5.02 Å². The Morgan fingerprint density at radius 3 is 2.58 bits per heavy atom. The Labute approximate surface area is 189 Å². The van der Waals surface area contributed by atoms with Gasteiger partial charge in [0.25, 0.3) is 5.89 Å². The Morgan fingerprint density at radius 2 is 1.84 bits per heavy atom. The minimum Gasteiger partial charge on any atom is -0.466 e. The fourth-order valence-electron chi connectivity index (χ4n) is 4.08. The summed E-state index contributed by atoms with van der Waals surface area (Å²) in [6.07, 6.45) is 4.66. The van der Waals surface area contributed by atoms with Gasteiger partial charge in [-0.1, -0.05) is 48.3 Å². The number of thioether (sulfide) groups is 1. The first-order valence-corrected chi connectivity index (χ1v) is 11.7. The van der Waals surface area contributed by atoms with Crippen molar-refractivity contribution in [3.8, 4) is 22.8 Å². The molecule has 1 aliphatic rings. The lowest BCUT2D eigenvalue weighted by Crippen LogP contribution is -2.08.